The maximum atomic E-state index is 11.0. The van der Waals surface area contributed by atoms with Crippen LogP contribution in [0.15, 0.2) is 18.2 Å². The Bertz CT molecular complexity index is 561. The molecule has 16 heavy (non-hydrogen) atoms. The number of hydrogen-bond acceptors (Lipinski definition) is 3. The summed E-state index contributed by atoms with van der Waals surface area (Å²) in [7, 11) is 0. The Balaban J connectivity index is 2.53. The third-order valence-corrected chi connectivity index (χ3v) is 2.59. The highest BCUT2D eigenvalue weighted by Crippen LogP contribution is 2.14. The zero-order valence-electron chi connectivity index (χ0n) is 9.74. The van der Waals surface area contributed by atoms with Crippen molar-refractivity contribution in [2.75, 3.05) is 0 Å². The van der Waals surface area contributed by atoms with Crippen LogP contribution < -0.4 is 0 Å². The first kappa shape index (κ1) is 10.7. The van der Waals surface area contributed by atoms with Crippen molar-refractivity contribution in [3.8, 4) is 0 Å². The molecule has 0 unspecified atom stereocenters. The summed E-state index contributed by atoms with van der Waals surface area (Å²) in [5.74, 6) is 0.163. The molecule has 0 saturated heterocycles. The van der Waals surface area contributed by atoms with Crippen LogP contribution >= 0.6 is 0 Å². The van der Waals surface area contributed by atoms with Crippen LogP contribution in [0.25, 0.3) is 11.0 Å². The molecular weight excluding hydrogens is 200 g/mol. The minimum atomic E-state index is 0.163. The summed E-state index contributed by atoms with van der Waals surface area (Å²) in [6.45, 7) is 5.49. The molecule has 1 aromatic heterocycles. The summed E-state index contributed by atoms with van der Waals surface area (Å²) in [6, 6.07) is 5.80. The van der Waals surface area contributed by atoms with Crippen molar-refractivity contribution in [3.63, 3.8) is 0 Å². The van der Waals surface area contributed by atoms with Crippen LogP contribution in [-0.2, 0) is 11.2 Å². The summed E-state index contributed by atoms with van der Waals surface area (Å²) in [6.07, 6.45) is 0.463. The molecule has 3 heteroatoms. The second-order valence-electron chi connectivity index (χ2n) is 4.10. The molecule has 0 fully saturated rings. The van der Waals surface area contributed by atoms with Crippen LogP contribution in [0.3, 0.4) is 0 Å². The zero-order valence-corrected chi connectivity index (χ0v) is 9.74. The second kappa shape index (κ2) is 4.00. The van der Waals surface area contributed by atoms with Crippen LogP contribution in [0.5, 0.6) is 0 Å². The van der Waals surface area contributed by atoms with Crippen LogP contribution in [0.4, 0.5) is 0 Å². The molecule has 0 saturated carbocycles. The lowest BCUT2D eigenvalue weighted by molar-refractivity contribution is -0.116. The van der Waals surface area contributed by atoms with Gasteiger partial charge in [-0.05, 0) is 38.5 Å². The van der Waals surface area contributed by atoms with Crippen LogP contribution in [0.2, 0.25) is 0 Å². The molecule has 0 atom stereocenters. The van der Waals surface area contributed by atoms with Crippen LogP contribution in [-0.4, -0.2) is 15.8 Å². The Morgan fingerprint density at radius 3 is 2.38 bits per heavy atom. The van der Waals surface area contributed by atoms with Crippen molar-refractivity contribution in [1.29, 1.82) is 0 Å². The first-order chi connectivity index (χ1) is 7.56. The predicted molar refractivity (Wildman–Crippen MR) is 63.4 cm³/mol. The molecule has 3 nitrogen and oxygen atoms in total. The standard InChI is InChI=1S/C13H14N2O/c1-8(16)6-11-4-5-12-13(7-11)15-10(3)9(2)14-12/h4-5,7H,6H2,1-3H3. The average molecular weight is 214 g/mol. The maximum Gasteiger partial charge on any atom is 0.134 e. The number of carbonyl (C=O) groups excluding carboxylic acids is 1. The van der Waals surface area contributed by atoms with E-state index in [1.165, 1.54) is 0 Å². The average Bonchev–Trinajstić information content (AvgIpc) is 2.19. The number of ketones is 1. The summed E-state index contributed by atoms with van der Waals surface area (Å²) in [5, 5.41) is 0. The van der Waals surface area contributed by atoms with E-state index in [9.17, 15) is 4.79 Å². The predicted octanol–water partition coefficient (Wildman–Crippen LogP) is 2.38. The molecule has 0 spiro atoms. The van der Waals surface area contributed by atoms with Crippen LogP contribution in [0.1, 0.15) is 23.9 Å². The van der Waals surface area contributed by atoms with Gasteiger partial charge in [-0.25, -0.2) is 9.97 Å². The van der Waals surface area contributed by atoms with E-state index < -0.39 is 0 Å². The quantitative estimate of drug-likeness (QED) is 0.770. The third kappa shape index (κ3) is 2.08. The fourth-order valence-electron chi connectivity index (χ4n) is 1.67. The number of rotatable bonds is 2. The van der Waals surface area contributed by atoms with E-state index in [-0.39, 0.29) is 5.78 Å². The number of fused-ring (bicyclic) bond motifs is 1. The normalized spacial score (nSPS) is 10.7. The van der Waals surface area contributed by atoms with Gasteiger partial charge in [0.15, 0.2) is 0 Å². The molecule has 0 N–H and O–H groups in total. The van der Waals surface area contributed by atoms with E-state index in [4.69, 9.17) is 0 Å². The lowest BCUT2D eigenvalue weighted by atomic mass is 10.1. The number of hydrogen-bond donors (Lipinski definition) is 0. The molecule has 0 aliphatic heterocycles. The van der Waals surface area contributed by atoms with Gasteiger partial charge in [-0.3, -0.25) is 4.79 Å². The van der Waals surface area contributed by atoms with Gasteiger partial charge < -0.3 is 0 Å². The fraction of sp³-hybridized carbons (Fsp3) is 0.308. The Hall–Kier alpha value is -1.77. The van der Waals surface area contributed by atoms with Crippen molar-refractivity contribution >= 4 is 16.8 Å². The number of aromatic nitrogens is 2. The van der Waals surface area contributed by atoms with Gasteiger partial charge in [0.2, 0.25) is 0 Å². The van der Waals surface area contributed by atoms with Gasteiger partial charge in [0.1, 0.15) is 5.78 Å². The molecule has 82 valence electrons. The molecule has 0 aliphatic rings. The van der Waals surface area contributed by atoms with Gasteiger partial charge in [0, 0.05) is 6.42 Å². The fourth-order valence-corrected chi connectivity index (χ4v) is 1.67. The van der Waals surface area contributed by atoms with E-state index in [1.807, 2.05) is 32.0 Å². The van der Waals surface area contributed by atoms with Crippen molar-refractivity contribution in [2.45, 2.75) is 27.2 Å². The van der Waals surface area contributed by atoms with Crippen molar-refractivity contribution < 1.29 is 4.79 Å². The smallest absolute Gasteiger partial charge is 0.134 e. The zero-order chi connectivity index (χ0) is 11.7. The highest BCUT2D eigenvalue weighted by molar-refractivity contribution is 5.81. The van der Waals surface area contributed by atoms with E-state index in [0.717, 1.165) is 28.0 Å². The van der Waals surface area contributed by atoms with Gasteiger partial charge in [0.25, 0.3) is 0 Å². The summed E-state index contributed by atoms with van der Waals surface area (Å²) < 4.78 is 0. The summed E-state index contributed by atoms with van der Waals surface area (Å²) in [5.41, 5.74) is 4.63. The van der Waals surface area contributed by atoms with E-state index >= 15 is 0 Å². The molecule has 2 rings (SSSR count). The Labute approximate surface area is 94.5 Å². The van der Waals surface area contributed by atoms with E-state index in [0.29, 0.717) is 6.42 Å². The maximum absolute atomic E-state index is 11.0. The molecule has 0 aliphatic carbocycles. The molecule has 0 amide bonds. The number of aryl methyl sites for hydroxylation is 2. The number of carbonyl (C=O) groups is 1. The Kier molecular flexibility index (Phi) is 2.69. The summed E-state index contributed by atoms with van der Waals surface area (Å²) >= 11 is 0. The monoisotopic (exact) mass is 214 g/mol. The van der Waals surface area contributed by atoms with Crippen molar-refractivity contribution in [2.24, 2.45) is 0 Å². The third-order valence-electron chi connectivity index (χ3n) is 2.59. The van der Waals surface area contributed by atoms with Crippen molar-refractivity contribution in [3.05, 3.63) is 35.2 Å². The first-order valence-corrected chi connectivity index (χ1v) is 5.29. The minimum Gasteiger partial charge on any atom is -0.300 e. The molecule has 0 bridgehead atoms. The number of benzene rings is 1. The van der Waals surface area contributed by atoms with Gasteiger partial charge in [-0.2, -0.15) is 0 Å². The lowest BCUT2D eigenvalue weighted by Crippen LogP contribution is -1.98. The van der Waals surface area contributed by atoms with Crippen molar-refractivity contribution in [1.82, 2.24) is 9.97 Å². The molecule has 2 aromatic rings. The lowest BCUT2D eigenvalue weighted by Gasteiger charge is -2.04. The minimum absolute atomic E-state index is 0.163. The molecular formula is C13H14N2O. The van der Waals surface area contributed by atoms with E-state index in [1.54, 1.807) is 6.92 Å². The molecule has 0 radical (unpaired) electrons. The Morgan fingerprint density at radius 2 is 1.75 bits per heavy atom. The topological polar surface area (TPSA) is 42.9 Å². The summed E-state index contributed by atoms with van der Waals surface area (Å²) in [4.78, 5) is 20.0. The largest absolute Gasteiger partial charge is 0.300 e. The molecule has 1 aromatic carbocycles. The Morgan fingerprint density at radius 1 is 1.12 bits per heavy atom. The van der Waals surface area contributed by atoms with Crippen LogP contribution in [0, 0.1) is 13.8 Å². The van der Waals surface area contributed by atoms with Gasteiger partial charge in [-0.15, -0.1) is 0 Å². The highest BCUT2D eigenvalue weighted by atomic mass is 16.1. The van der Waals surface area contributed by atoms with Gasteiger partial charge in [0.05, 0.1) is 22.4 Å². The number of Topliss-reactive ketones (excluding diaryl/α,β-unsaturated/α-hetero) is 1. The first-order valence-electron chi connectivity index (χ1n) is 5.29. The number of nitrogens with zero attached hydrogens (tertiary/aromatic N) is 2. The molecule has 1 heterocycles. The van der Waals surface area contributed by atoms with Gasteiger partial charge >= 0.3 is 0 Å². The van der Waals surface area contributed by atoms with Gasteiger partial charge in [-0.1, -0.05) is 6.07 Å². The van der Waals surface area contributed by atoms with E-state index in [2.05, 4.69) is 9.97 Å². The second-order valence-corrected chi connectivity index (χ2v) is 4.10. The SMILES string of the molecule is CC(=O)Cc1ccc2nc(C)c(C)nc2c1. The highest BCUT2D eigenvalue weighted by Gasteiger charge is 2.03.